The van der Waals surface area contributed by atoms with E-state index in [0.717, 1.165) is 24.5 Å². The summed E-state index contributed by atoms with van der Waals surface area (Å²) in [4.78, 5) is 13.9. The standard InChI is InChI=1S/C13H16N5O2/c1-8-5-10(20-17-8)6-13(19)14-11-7-12(16-15-11)18-4-3-9(18)2/h5,7,9H,2-4,6H2,1H3,(H2,14,15,16,19)/t9-/m0/s1. The predicted octanol–water partition coefficient (Wildman–Crippen LogP) is 1.30. The molecular formula is C13H16N5O2. The van der Waals surface area contributed by atoms with Crippen molar-refractivity contribution in [2.75, 3.05) is 16.8 Å². The SMILES string of the molecule is [CH2][C@H]1CCN1c1cc(NC(=O)Cc2cc(C)no2)n[nH]1. The van der Waals surface area contributed by atoms with Crippen LogP contribution >= 0.6 is 0 Å². The number of anilines is 2. The summed E-state index contributed by atoms with van der Waals surface area (Å²) in [5, 5.41) is 13.4. The van der Waals surface area contributed by atoms with Crippen molar-refractivity contribution in [3.63, 3.8) is 0 Å². The molecule has 20 heavy (non-hydrogen) atoms. The van der Waals surface area contributed by atoms with Crippen LogP contribution < -0.4 is 10.2 Å². The van der Waals surface area contributed by atoms with E-state index in [9.17, 15) is 4.79 Å². The lowest BCUT2D eigenvalue weighted by Crippen LogP contribution is -2.46. The minimum atomic E-state index is -0.186. The van der Waals surface area contributed by atoms with Crippen LogP contribution in [0.1, 0.15) is 17.9 Å². The molecule has 1 saturated heterocycles. The second kappa shape index (κ2) is 4.99. The van der Waals surface area contributed by atoms with Gasteiger partial charge in [-0.05, 0) is 20.3 Å². The van der Waals surface area contributed by atoms with Crippen molar-refractivity contribution in [1.29, 1.82) is 0 Å². The van der Waals surface area contributed by atoms with Gasteiger partial charge in [-0.3, -0.25) is 9.89 Å². The summed E-state index contributed by atoms with van der Waals surface area (Å²) in [6, 6.07) is 3.82. The fourth-order valence-corrected chi connectivity index (χ4v) is 2.13. The Balaban J connectivity index is 1.58. The summed E-state index contributed by atoms with van der Waals surface area (Å²) >= 11 is 0. The van der Waals surface area contributed by atoms with E-state index in [0.29, 0.717) is 11.6 Å². The van der Waals surface area contributed by atoms with Crippen molar-refractivity contribution >= 4 is 17.5 Å². The number of hydrogen-bond donors (Lipinski definition) is 2. The van der Waals surface area contributed by atoms with Crippen molar-refractivity contribution in [1.82, 2.24) is 15.4 Å². The molecule has 0 spiro atoms. The molecule has 1 amide bonds. The maximum Gasteiger partial charge on any atom is 0.233 e. The molecule has 2 aromatic heterocycles. The first-order valence-corrected chi connectivity index (χ1v) is 6.49. The lowest BCUT2D eigenvalue weighted by molar-refractivity contribution is -0.115. The predicted molar refractivity (Wildman–Crippen MR) is 73.3 cm³/mol. The maximum atomic E-state index is 11.8. The molecule has 3 rings (SSSR count). The number of aryl methyl sites for hydroxylation is 1. The number of carbonyl (C=O) groups excluding carboxylic acids is 1. The van der Waals surface area contributed by atoms with E-state index in [1.54, 1.807) is 12.1 Å². The van der Waals surface area contributed by atoms with Crippen molar-refractivity contribution < 1.29 is 9.32 Å². The molecule has 0 bridgehead atoms. The number of aromatic nitrogens is 3. The highest BCUT2D eigenvalue weighted by molar-refractivity contribution is 5.91. The molecule has 2 aromatic rings. The van der Waals surface area contributed by atoms with Gasteiger partial charge >= 0.3 is 0 Å². The largest absolute Gasteiger partial charge is 0.361 e. The Hall–Kier alpha value is -2.31. The van der Waals surface area contributed by atoms with Crippen molar-refractivity contribution in [2.45, 2.75) is 25.8 Å². The van der Waals surface area contributed by atoms with E-state index in [4.69, 9.17) is 4.52 Å². The Labute approximate surface area is 116 Å². The minimum absolute atomic E-state index is 0.144. The molecule has 1 aliphatic heterocycles. The third-order valence-electron chi connectivity index (χ3n) is 3.30. The third kappa shape index (κ3) is 2.52. The topological polar surface area (TPSA) is 87.1 Å². The van der Waals surface area contributed by atoms with Crippen molar-refractivity contribution in [2.24, 2.45) is 0 Å². The fraction of sp³-hybridized carbons (Fsp3) is 0.385. The Bertz CT molecular complexity index is 618. The summed E-state index contributed by atoms with van der Waals surface area (Å²) in [5.74, 6) is 1.73. The average molecular weight is 274 g/mol. The van der Waals surface area contributed by atoms with Crippen LogP contribution in [0.2, 0.25) is 0 Å². The molecule has 0 unspecified atom stereocenters. The number of rotatable bonds is 4. The summed E-state index contributed by atoms with van der Waals surface area (Å²) in [6.45, 7) is 6.77. The van der Waals surface area contributed by atoms with E-state index in [-0.39, 0.29) is 18.4 Å². The van der Waals surface area contributed by atoms with Gasteiger partial charge in [0, 0.05) is 24.7 Å². The average Bonchev–Trinajstić information content (AvgIpc) is 2.97. The van der Waals surface area contributed by atoms with E-state index in [1.807, 2.05) is 6.92 Å². The Morgan fingerprint density at radius 2 is 2.50 bits per heavy atom. The number of aromatic amines is 1. The molecule has 7 heteroatoms. The smallest absolute Gasteiger partial charge is 0.233 e. The van der Waals surface area contributed by atoms with Gasteiger partial charge in [0.1, 0.15) is 11.6 Å². The van der Waals surface area contributed by atoms with E-state index in [2.05, 4.69) is 32.5 Å². The number of nitrogens with zero attached hydrogens (tertiary/aromatic N) is 3. The Kier molecular flexibility index (Phi) is 3.17. The van der Waals surface area contributed by atoms with Gasteiger partial charge in [-0.2, -0.15) is 5.10 Å². The first kappa shape index (κ1) is 12.7. The van der Waals surface area contributed by atoms with Gasteiger partial charge in [0.2, 0.25) is 5.91 Å². The zero-order chi connectivity index (χ0) is 14.1. The second-order valence-electron chi connectivity index (χ2n) is 4.93. The number of amides is 1. The number of H-pyrrole nitrogens is 1. The Morgan fingerprint density at radius 3 is 3.10 bits per heavy atom. The highest BCUT2D eigenvalue weighted by Crippen LogP contribution is 2.25. The van der Waals surface area contributed by atoms with E-state index >= 15 is 0 Å². The molecule has 7 nitrogen and oxygen atoms in total. The molecule has 0 aliphatic carbocycles. The summed E-state index contributed by atoms with van der Waals surface area (Å²) < 4.78 is 5.00. The third-order valence-corrected chi connectivity index (χ3v) is 3.30. The van der Waals surface area contributed by atoms with Crippen LogP contribution in [-0.4, -0.2) is 33.8 Å². The van der Waals surface area contributed by atoms with Gasteiger partial charge in [0.15, 0.2) is 5.82 Å². The first-order chi connectivity index (χ1) is 9.61. The van der Waals surface area contributed by atoms with Crippen LogP contribution in [0.3, 0.4) is 0 Å². The normalized spacial score (nSPS) is 17.9. The molecule has 0 aromatic carbocycles. The second-order valence-corrected chi connectivity index (χ2v) is 4.93. The molecular weight excluding hydrogens is 258 g/mol. The summed E-state index contributed by atoms with van der Waals surface area (Å²) in [7, 11) is 0. The molecule has 1 fully saturated rings. The van der Waals surface area contributed by atoms with Crippen LogP contribution in [0.5, 0.6) is 0 Å². The zero-order valence-electron chi connectivity index (χ0n) is 11.2. The number of hydrogen-bond acceptors (Lipinski definition) is 5. The van der Waals surface area contributed by atoms with Gasteiger partial charge in [-0.25, -0.2) is 0 Å². The van der Waals surface area contributed by atoms with Gasteiger partial charge in [-0.15, -0.1) is 0 Å². The molecule has 105 valence electrons. The highest BCUT2D eigenvalue weighted by Gasteiger charge is 2.25. The van der Waals surface area contributed by atoms with Crippen LogP contribution in [0.15, 0.2) is 16.7 Å². The van der Waals surface area contributed by atoms with Gasteiger partial charge in [-0.1, -0.05) is 5.16 Å². The summed E-state index contributed by atoms with van der Waals surface area (Å²) in [5.41, 5.74) is 0.758. The minimum Gasteiger partial charge on any atom is -0.361 e. The zero-order valence-corrected chi connectivity index (χ0v) is 11.2. The molecule has 1 aliphatic rings. The first-order valence-electron chi connectivity index (χ1n) is 6.49. The van der Waals surface area contributed by atoms with E-state index < -0.39 is 0 Å². The van der Waals surface area contributed by atoms with Crippen molar-refractivity contribution in [3.05, 3.63) is 30.5 Å². The van der Waals surface area contributed by atoms with Crippen LogP contribution in [0.4, 0.5) is 11.6 Å². The molecule has 3 heterocycles. The number of carbonyl (C=O) groups is 1. The van der Waals surface area contributed by atoms with E-state index in [1.165, 1.54) is 0 Å². The fourth-order valence-electron chi connectivity index (χ4n) is 2.13. The van der Waals surface area contributed by atoms with Gasteiger partial charge < -0.3 is 14.7 Å². The van der Waals surface area contributed by atoms with Crippen LogP contribution in [0, 0.1) is 13.8 Å². The monoisotopic (exact) mass is 274 g/mol. The van der Waals surface area contributed by atoms with Crippen LogP contribution in [0.25, 0.3) is 0 Å². The molecule has 1 atom stereocenters. The molecule has 0 saturated carbocycles. The quantitative estimate of drug-likeness (QED) is 0.877. The summed E-state index contributed by atoms with van der Waals surface area (Å²) in [6.07, 6.45) is 1.22. The maximum absolute atomic E-state index is 11.8. The Morgan fingerprint density at radius 1 is 1.65 bits per heavy atom. The van der Waals surface area contributed by atoms with Gasteiger partial charge in [0.05, 0.1) is 12.1 Å². The molecule has 2 N–H and O–H groups in total. The lowest BCUT2D eigenvalue weighted by atomic mass is 10.1. The molecule has 1 radical (unpaired) electrons. The van der Waals surface area contributed by atoms with Gasteiger partial charge in [0.25, 0.3) is 0 Å². The highest BCUT2D eigenvalue weighted by atomic mass is 16.5. The van der Waals surface area contributed by atoms with Crippen LogP contribution in [-0.2, 0) is 11.2 Å². The van der Waals surface area contributed by atoms with Crippen molar-refractivity contribution in [3.8, 4) is 0 Å². The number of nitrogens with one attached hydrogen (secondary N) is 2. The lowest BCUT2D eigenvalue weighted by Gasteiger charge is -2.39.